The number of aliphatic hydroxyl groups excluding tert-OH is 1. The van der Waals surface area contributed by atoms with Crippen LogP contribution in [0.2, 0.25) is 0 Å². The number of aromatic nitrogens is 2. The summed E-state index contributed by atoms with van der Waals surface area (Å²) in [7, 11) is 0. The van der Waals surface area contributed by atoms with Crippen LogP contribution in [0.15, 0.2) is 61.1 Å². The number of halogens is 3. The van der Waals surface area contributed by atoms with Crippen molar-refractivity contribution >= 4 is 5.69 Å². The van der Waals surface area contributed by atoms with E-state index in [0.717, 1.165) is 43.8 Å². The van der Waals surface area contributed by atoms with E-state index in [1.165, 1.54) is 5.69 Å². The van der Waals surface area contributed by atoms with Gasteiger partial charge in [0, 0.05) is 48.5 Å². The van der Waals surface area contributed by atoms with E-state index in [4.69, 9.17) is 0 Å². The van der Waals surface area contributed by atoms with Gasteiger partial charge in [0.15, 0.2) is 0 Å². The van der Waals surface area contributed by atoms with E-state index in [9.17, 15) is 18.3 Å². The van der Waals surface area contributed by atoms with Crippen LogP contribution in [0.25, 0.3) is 0 Å². The molecule has 2 aliphatic heterocycles. The van der Waals surface area contributed by atoms with E-state index in [0.29, 0.717) is 18.3 Å². The van der Waals surface area contributed by atoms with Crippen LogP contribution in [0.4, 0.5) is 18.9 Å². The van der Waals surface area contributed by atoms with E-state index in [1.807, 2.05) is 12.5 Å². The number of alkyl halides is 3. The van der Waals surface area contributed by atoms with Crippen molar-refractivity contribution in [3.63, 3.8) is 0 Å². The highest BCUT2D eigenvalue weighted by molar-refractivity contribution is 5.48. The Hall–Kier alpha value is -2.54. The fourth-order valence-electron chi connectivity index (χ4n) is 5.44. The predicted molar refractivity (Wildman–Crippen MR) is 113 cm³/mol. The average Bonchev–Trinajstić information content (AvgIpc) is 3.36. The highest BCUT2D eigenvalue weighted by Crippen LogP contribution is 2.47. The molecular weight excluding hydrogens is 403 g/mol. The number of allylic oxidation sites excluding steroid dienone is 4. The molecule has 0 spiro atoms. The van der Waals surface area contributed by atoms with Gasteiger partial charge in [-0.2, -0.15) is 13.2 Å². The Balaban J connectivity index is 1.20. The zero-order valence-electron chi connectivity index (χ0n) is 17.1. The number of anilines is 1. The minimum Gasteiger partial charge on any atom is -0.393 e. The smallest absolute Gasteiger partial charge is 0.393 e. The number of rotatable bonds is 4. The van der Waals surface area contributed by atoms with Crippen molar-refractivity contribution in [2.24, 2.45) is 11.8 Å². The quantitative estimate of drug-likeness (QED) is 0.748. The number of imidazole rings is 1. The molecule has 4 nitrogen and oxygen atoms in total. The summed E-state index contributed by atoms with van der Waals surface area (Å²) in [5.74, 6) is 0.871. The zero-order chi connectivity index (χ0) is 21.6. The zero-order valence-corrected chi connectivity index (χ0v) is 17.1. The molecule has 1 aromatic carbocycles. The van der Waals surface area contributed by atoms with Gasteiger partial charge in [0.05, 0.1) is 18.0 Å². The lowest BCUT2D eigenvalue weighted by Crippen LogP contribution is -2.38. The van der Waals surface area contributed by atoms with Crippen LogP contribution in [-0.2, 0) is 6.18 Å². The average molecular weight is 429 g/mol. The molecule has 0 saturated carbocycles. The minimum atomic E-state index is -4.31. The second-order valence-corrected chi connectivity index (χ2v) is 8.84. The van der Waals surface area contributed by atoms with Gasteiger partial charge in [-0.25, -0.2) is 4.98 Å². The molecule has 0 bridgehead atoms. The monoisotopic (exact) mass is 429 g/mol. The Labute approximate surface area is 179 Å². The van der Waals surface area contributed by atoms with Gasteiger partial charge in [-0.15, -0.1) is 0 Å². The first kappa shape index (κ1) is 20.4. The minimum absolute atomic E-state index is 0.194. The molecule has 2 aromatic rings. The van der Waals surface area contributed by atoms with E-state index >= 15 is 0 Å². The lowest BCUT2D eigenvalue weighted by molar-refractivity contribution is -0.137. The van der Waals surface area contributed by atoms with Crippen molar-refractivity contribution in [3.05, 3.63) is 72.4 Å². The first-order valence-electron chi connectivity index (χ1n) is 10.9. The lowest BCUT2D eigenvalue weighted by Gasteiger charge is -2.37. The predicted octanol–water partition coefficient (Wildman–Crippen LogP) is 4.95. The SMILES string of the molecule is OC(CC1C2C=CC=CC2c2cncn21)C1CCN(c2ccc(C(F)(F)F)cc2)CC1. The standard InChI is InChI=1S/C24H26F3N3O/c25-24(26,27)17-5-7-18(8-6-17)29-11-9-16(10-12-29)23(31)13-21-19-3-1-2-4-20(19)22-14-28-15-30(21)22/h1-8,14-16,19-21,23,31H,9-13H2. The number of piperidine rings is 1. The lowest BCUT2D eigenvalue weighted by atomic mass is 9.80. The molecule has 0 amide bonds. The van der Waals surface area contributed by atoms with Crippen LogP contribution in [0.3, 0.4) is 0 Å². The van der Waals surface area contributed by atoms with Crippen molar-refractivity contribution in [2.45, 2.75) is 43.5 Å². The summed E-state index contributed by atoms with van der Waals surface area (Å²) in [5, 5.41) is 11.1. The Morgan fingerprint density at radius 2 is 1.77 bits per heavy atom. The maximum absolute atomic E-state index is 12.8. The molecule has 7 heteroatoms. The van der Waals surface area contributed by atoms with Gasteiger partial charge < -0.3 is 14.6 Å². The molecule has 1 fully saturated rings. The van der Waals surface area contributed by atoms with Crippen LogP contribution in [-0.4, -0.2) is 33.9 Å². The molecule has 4 unspecified atom stereocenters. The Kier molecular flexibility index (Phi) is 5.16. The Morgan fingerprint density at radius 1 is 1.06 bits per heavy atom. The summed E-state index contributed by atoms with van der Waals surface area (Å²) in [4.78, 5) is 6.42. The summed E-state index contributed by atoms with van der Waals surface area (Å²) < 4.78 is 40.6. The molecule has 4 atom stereocenters. The van der Waals surface area contributed by atoms with Crippen molar-refractivity contribution < 1.29 is 18.3 Å². The number of hydrogen-bond donors (Lipinski definition) is 1. The van der Waals surface area contributed by atoms with Gasteiger partial charge in [0.25, 0.3) is 0 Å². The van der Waals surface area contributed by atoms with Gasteiger partial charge in [0.2, 0.25) is 0 Å². The van der Waals surface area contributed by atoms with Crippen molar-refractivity contribution in [3.8, 4) is 0 Å². The highest BCUT2D eigenvalue weighted by atomic mass is 19.4. The summed E-state index contributed by atoms with van der Waals surface area (Å²) in [6, 6.07) is 5.57. The molecule has 3 aliphatic rings. The van der Waals surface area contributed by atoms with Gasteiger partial charge >= 0.3 is 6.18 Å². The largest absolute Gasteiger partial charge is 0.416 e. The Morgan fingerprint density at radius 3 is 2.48 bits per heavy atom. The first-order valence-corrected chi connectivity index (χ1v) is 10.9. The maximum atomic E-state index is 12.8. The number of benzene rings is 1. The molecule has 31 heavy (non-hydrogen) atoms. The van der Waals surface area contributed by atoms with Crippen molar-refractivity contribution in [2.75, 3.05) is 18.0 Å². The second-order valence-electron chi connectivity index (χ2n) is 8.84. The second kappa shape index (κ2) is 7.86. The van der Waals surface area contributed by atoms with E-state index in [-0.39, 0.29) is 12.0 Å². The normalized spacial score (nSPS) is 26.7. The molecule has 164 valence electrons. The van der Waals surface area contributed by atoms with Gasteiger partial charge in [-0.05, 0) is 49.4 Å². The van der Waals surface area contributed by atoms with Crippen LogP contribution in [0.1, 0.15) is 42.5 Å². The Bertz CT molecular complexity index is 971. The number of fused-ring (bicyclic) bond motifs is 3. The van der Waals surface area contributed by atoms with E-state index in [1.54, 1.807) is 12.1 Å². The summed E-state index contributed by atoms with van der Waals surface area (Å²) in [5.41, 5.74) is 1.39. The summed E-state index contributed by atoms with van der Waals surface area (Å²) in [6.45, 7) is 1.48. The summed E-state index contributed by atoms with van der Waals surface area (Å²) >= 11 is 0. The van der Waals surface area contributed by atoms with Crippen molar-refractivity contribution in [1.29, 1.82) is 0 Å². The molecule has 1 aliphatic carbocycles. The van der Waals surface area contributed by atoms with Crippen LogP contribution in [0, 0.1) is 11.8 Å². The van der Waals surface area contributed by atoms with Crippen LogP contribution < -0.4 is 4.90 Å². The van der Waals surface area contributed by atoms with Gasteiger partial charge in [-0.3, -0.25) is 0 Å². The molecular formula is C24H26F3N3O. The molecule has 3 heterocycles. The van der Waals surface area contributed by atoms with Crippen LogP contribution >= 0.6 is 0 Å². The molecule has 1 aromatic heterocycles. The first-order chi connectivity index (χ1) is 14.9. The highest BCUT2D eigenvalue weighted by Gasteiger charge is 2.41. The molecule has 5 rings (SSSR count). The van der Waals surface area contributed by atoms with Crippen LogP contribution in [0.5, 0.6) is 0 Å². The van der Waals surface area contributed by atoms with E-state index in [2.05, 4.69) is 38.8 Å². The topological polar surface area (TPSA) is 41.3 Å². The number of nitrogens with zero attached hydrogens (tertiary/aromatic N) is 3. The summed E-state index contributed by atoms with van der Waals surface area (Å²) in [6.07, 6.45) is 10.0. The fourth-order valence-corrected chi connectivity index (χ4v) is 5.44. The van der Waals surface area contributed by atoms with Crippen molar-refractivity contribution in [1.82, 2.24) is 9.55 Å². The van der Waals surface area contributed by atoms with E-state index < -0.39 is 17.8 Å². The maximum Gasteiger partial charge on any atom is 0.416 e. The van der Waals surface area contributed by atoms with Gasteiger partial charge in [-0.1, -0.05) is 24.3 Å². The van der Waals surface area contributed by atoms with Gasteiger partial charge in [0.1, 0.15) is 0 Å². The third-order valence-electron chi connectivity index (χ3n) is 7.14. The molecule has 0 radical (unpaired) electrons. The fraction of sp³-hybridized carbons (Fsp3) is 0.458. The number of hydrogen-bond acceptors (Lipinski definition) is 3. The number of aliphatic hydroxyl groups is 1. The third kappa shape index (κ3) is 3.80. The third-order valence-corrected chi connectivity index (χ3v) is 7.14. The molecule has 1 saturated heterocycles. The molecule has 1 N–H and O–H groups in total.